The topological polar surface area (TPSA) is 72.5 Å². The Morgan fingerprint density at radius 2 is 1.50 bits per heavy atom. The van der Waals surface area contributed by atoms with Gasteiger partial charge in [-0.1, -0.05) is 0 Å². The van der Waals surface area contributed by atoms with Gasteiger partial charge in [-0.15, -0.1) is 0 Å². The molecular weight excluding hydrogens is 320 g/mol. The van der Waals surface area contributed by atoms with Gasteiger partial charge in [0.25, 0.3) is 0 Å². The molecule has 1 aromatic rings. The molecule has 0 aliphatic rings. The van der Waals surface area contributed by atoms with Crippen LogP contribution in [0.4, 0.5) is 31.1 Å². The first kappa shape index (κ1) is 18.1. The molecular formula is C12H11F6NO3. The van der Waals surface area contributed by atoms with E-state index in [1.54, 1.807) is 0 Å². The van der Waals surface area contributed by atoms with Crippen molar-refractivity contribution >= 4 is 6.09 Å². The van der Waals surface area contributed by atoms with Gasteiger partial charge in [-0.2, -0.15) is 26.3 Å². The number of hydrogen-bond donors (Lipinski definition) is 2. The minimum Gasteiger partial charge on any atom is -0.444 e. The molecule has 0 aliphatic carbocycles. The Labute approximate surface area is 120 Å². The summed E-state index contributed by atoms with van der Waals surface area (Å²) in [6.07, 6.45) is -14.7. The zero-order valence-corrected chi connectivity index (χ0v) is 11.0. The largest absolute Gasteiger partial charge is 0.444 e. The van der Waals surface area contributed by atoms with Crippen molar-refractivity contribution in [2.24, 2.45) is 5.73 Å². The summed E-state index contributed by atoms with van der Waals surface area (Å²) in [7, 11) is 0. The Kier molecular flexibility index (Phi) is 4.96. The van der Waals surface area contributed by atoms with E-state index in [-0.39, 0.29) is 6.07 Å². The number of amides is 1. The number of benzene rings is 1. The number of carbonyl (C=O) groups excluding carboxylic acids is 1. The maximum absolute atomic E-state index is 12.7. The lowest BCUT2D eigenvalue weighted by Crippen LogP contribution is -2.26. The number of carbonyl (C=O) groups is 1. The summed E-state index contributed by atoms with van der Waals surface area (Å²) in [4.78, 5) is 10.5. The summed E-state index contributed by atoms with van der Waals surface area (Å²) >= 11 is 0. The van der Waals surface area contributed by atoms with E-state index >= 15 is 0 Å². The van der Waals surface area contributed by atoms with E-state index in [1.807, 2.05) is 0 Å². The normalized spacial score (nSPS) is 15.3. The average molecular weight is 331 g/mol. The van der Waals surface area contributed by atoms with Crippen LogP contribution in [0.3, 0.4) is 0 Å². The third kappa shape index (κ3) is 4.52. The van der Waals surface area contributed by atoms with E-state index in [2.05, 4.69) is 10.5 Å². The fraction of sp³-hybridized carbons (Fsp3) is 0.417. The van der Waals surface area contributed by atoms with Crippen molar-refractivity contribution in [1.82, 2.24) is 0 Å². The second kappa shape index (κ2) is 6.03. The molecule has 1 unspecified atom stereocenters. The van der Waals surface area contributed by atoms with Crippen LogP contribution in [0.5, 0.6) is 0 Å². The second-order valence-electron chi connectivity index (χ2n) is 4.43. The molecule has 1 rings (SSSR count). The standard InChI is InChI=1S/C12H11F6NO3/c1-5(22-10(19)21)9(20)6-2-7(11(13,14)15)4-8(3-6)12(16,17)18/h2-5,9,20H,1H3,(H2,19,21)/t5-,9?/m0/s1. The van der Waals surface area contributed by atoms with Gasteiger partial charge in [0.05, 0.1) is 11.1 Å². The van der Waals surface area contributed by atoms with Gasteiger partial charge >= 0.3 is 18.4 Å². The third-order valence-electron chi connectivity index (χ3n) is 2.70. The van der Waals surface area contributed by atoms with Crippen molar-refractivity contribution in [3.8, 4) is 0 Å². The average Bonchev–Trinajstić information content (AvgIpc) is 2.34. The highest BCUT2D eigenvalue weighted by atomic mass is 19.4. The fourth-order valence-electron chi connectivity index (χ4n) is 1.67. The maximum Gasteiger partial charge on any atom is 0.416 e. The van der Waals surface area contributed by atoms with Crippen LogP contribution in [-0.4, -0.2) is 17.3 Å². The maximum atomic E-state index is 12.7. The molecule has 1 aromatic carbocycles. The van der Waals surface area contributed by atoms with Crippen molar-refractivity contribution in [3.63, 3.8) is 0 Å². The molecule has 2 atom stereocenters. The second-order valence-corrected chi connectivity index (χ2v) is 4.43. The lowest BCUT2D eigenvalue weighted by Gasteiger charge is -2.21. The Hall–Kier alpha value is -1.97. The van der Waals surface area contributed by atoms with Gasteiger partial charge in [-0.25, -0.2) is 4.79 Å². The molecule has 0 saturated carbocycles. The van der Waals surface area contributed by atoms with Crippen LogP contribution in [0.1, 0.15) is 29.7 Å². The molecule has 124 valence electrons. The minimum atomic E-state index is -5.04. The molecule has 3 N–H and O–H groups in total. The molecule has 22 heavy (non-hydrogen) atoms. The number of hydrogen-bond acceptors (Lipinski definition) is 3. The number of aliphatic hydroxyl groups is 1. The minimum absolute atomic E-state index is 0.0736. The molecule has 1 amide bonds. The molecule has 0 saturated heterocycles. The first-order valence-corrected chi connectivity index (χ1v) is 5.76. The molecule has 0 aromatic heterocycles. The van der Waals surface area contributed by atoms with E-state index in [9.17, 15) is 36.2 Å². The van der Waals surface area contributed by atoms with Crippen molar-refractivity contribution in [3.05, 3.63) is 34.9 Å². The number of primary amides is 1. The number of nitrogens with two attached hydrogens (primary N) is 1. The van der Waals surface area contributed by atoms with E-state index in [0.717, 1.165) is 6.92 Å². The van der Waals surface area contributed by atoms with Gasteiger partial charge < -0.3 is 15.6 Å². The molecule has 0 aliphatic heterocycles. The van der Waals surface area contributed by atoms with Crippen molar-refractivity contribution in [2.75, 3.05) is 0 Å². The zero-order valence-electron chi connectivity index (χ0n) is 11.0. The lowest BCUT2D eigenvalue weighted by molar-refractivity contribution is -0.143. The summed E-state index contributed by atoms with van der Waals surface area (Å²) in [6.45, 7) is 1.07. The summed E-state index contributed by atoms with van der Waals surface area (Å²) in [5.41, 5.74) is 0.815. The summed E-state index contributed by atoms with van der Waals surface area (Å²) in [5, 5.41) is 9.75. The van der Waals surface area contributed by atoms with Gasteiger partial charge in [0.2, 0.25) is 0 Å². The molecule has 4 nitrogen and oxygen atoms in total. The molecule has 0 radical (unpaired) electrons. The Bertz CT molecular complexity index is 523. The fourth-order valence-corrected chi connectivity index (χ4v) is 1.67. The van der Waals surface area contributed by atoms with Crippen LogP contribution in [-0.2, 0) is 17.1 Å². The first-order chi connectivity index (χ1) is 9.82. The summed E-state index contributed by atoms with van der Waals surface area (Å²) < 4.78 is 80.3. The van der Waals surface area contributed by atoms with E-state index < -0.39 is 47.3 Å². The zero-order chi connectivity index (χ0) is 17.3. The lowest BCUT2D eigenvalue weighted by atomic mass is 9.98. The highest BCUT2D eigenvalue weighted by Crippen LogP contribution is 2.38. The Morgan fingerprint density at radius 1 is 1.09 bits per heavy atom. The van der Waals surface area contributed by atoms with Gasteiger partial charge in [-0.3, -0.25) is 0 Å². The van der Waals surface area contributed by atoms with E-state index in [1.165, 1.54) is 0 Å². The van der Waals surface area contributed by atoms with Crippen molar-refractivity contribution < 1.29 is 41.0 Å². The molecule has 0 heterocycles. The first-order valence-electron chi connectivity index (χ1n) is 5.76. The quantitative estimate of drug-likeness (QED) is 0.835. The SMILES string of the molecule is C[C@H](OC(N)=O)C(O)c1cc(C(F)(F)F)cc(C(F)(F)F)c1. The molecule has 0 spiro atoms. The van der Waals surface area contributed by atoms with Crippen LogP contribution < -0.4 is 5.73 Å². The Balaban J connectivity index is 3.32. The molecule has 0 fully saturated rings. The van der Waals surface area contributed by atoms with Gasteiger partial charge in [0.15, 0.2) is 0 Å². The highest BCUT2D eigenvalue weighted by Gasteiger charge is 2.38. The van der Waals surface area contributed by atoms with Crippen LogP contribution in [0.2, 0.25) is 0 Å². The van der Waals surface area contributed by atoms with Crippen molar-refractivity contribution in [2.45, 2.75) is 31.5 Å². The van der Waals surface area contributed by atoms with Crippen LogP contribution >= 0.6 is 0 Å². The number of halogens is 6. The smallest absolute Gasteiger partial charge is 0.416 e. The van der Waals surface area contributed by atoms with Gasteiger partial charge in [0, 0.05) is 0 Å². The van der Waals surface area contributed by atoms with Gasteiger partial charge in [0.1, 0.15) is 12.2 Å². The van der Waals surface area contributed by atoms with E-state index in [4.69, 9.17) is 0 Å². The number of rotatable bonds is 3. The van der Waals surface area contributed by atoms with Crippen LogP contribution in [0, 0.1) is 0 Å². The number of alkyl halides is 6. The third-order valence-corrected chi connectivity index (χ3v) is 2.70. The van der Waals surface area contributed by atoms with Crippen LogP contribution in [0.25, 0.3) is 0 Å². The van der Waals surface area contributed by atoms with Crippen molar-refractivity contribution in [1.29, 1.82) is 0 Å². The monoisotopic (exact) mass is 331 g/mol. The summed E-state index contributed by atoms with van der Waals surface area (Å²) in [5.74, 6) is 0. The summed E-state index contributed by atoms with van der Waals surface area (Å²) in [6, 6.07) is 0.622. The Morgan fingerprint density at radius 3 is 1.82 bits per heavy atom. The predicted octanol–water partition coefficient (Wildman–Crippen LogP) is 3.24. The highest BCUT2D eigenvalue weighted by molar-refractivity contribution is 5.64. The van der Waals surface area contributed by atoms with Gasteiger partial charge in [-0.05, 0) is 30.7 Å². The molecule has 0 bridgehead atoms. The predicted molar refractivity (Wildman–Crippen MR) is 61.5 cm³/mol. The van der Waals surface area contributed by atoms with Crippen LogP contribution in [0.15, 0.2) is 18.2 Å². The molecule has 10 heteroatoms. The number of ether oxygens (including phenoxy) is 1. The van der Waals surface area contributed by atoms with E-state index in [0.29, 0.717) is 12.1 Å². The number of aliphatic hydroxyl groups excluding tert-OH is 1.